The molecule has 2 rings (SSSR count). The Labute approximate surface area is 133 Å². The van der Waals surface area contributed by atoms with E-state index < -0.39 is 0 Å². The maximum absolute atomic E-state index is 12.2. The average Bonchev–Trinajstić information content (AvgIpc) is 2.42. The smallest absolute Gasteiger partial charge is 0.255 e. The van der Waals surface area contributed by atoms with E-state index in [1.807, 2.05) is 25.1 Å². The Hall–Kier alpha value is -1.64. The second kappa shape index (κ2) is 6.21. The fourth-order valence-electron chi connectivity index (χ4n) is 1.70. The normalized spacial score (nSPS) is 9.90. The van der Waals surface area contributed by atoms with Gasteiger partial charge in [-0.2, -0.15) is 5.26 Å². The summed E-state index contributed by atoms with van der Waals surface area (Å²) in [7, 11) is 0. The van der Waals surface area contributed by atoms with E-state index in [9.17, 15) is 4.79 Å². The van der Waals surface area contributed by atoms with Crippen molar-refractivity contribution in [3.05, 3.63) is 62.0 Å². The summed E-state index contributed by atoms with van der Waals surface area (Å²) in [6.07, 6.45) is 0. The van der Waals surface area contributed by atoms with Crippen molar-refractivity contribution >= 4 is 43.5 Å². The number of benzene rings is 2. The number of halogens is 2. The van der Waals surface area contributed by atoms with Crippen LogP contribution in [-0.4, -0.2) is 5.91 Å². The molecule has 2 aromatic carbocycles. The van der Waals surface area contributed by atoms with Gasteiger partial charge in [-0.05, 0) is 80.7 Å². The quantitative estimate of drug-likeness (QED) is 0.807. The summed E-state index contributed by atoms with van der Waals surface area (Å²) in [4.78, 5) is 12.2. The van der Waals surface area contributed by atoms with Crippen LogP contribution < -0.4 is 5.32 Å². The zero-order valence-electron chi connectivity index (χ0n) is 10.6. The Morgan fingerprint density at radius 1 is 1.15 bits per heavy atom. The molecule has 0 aromatic heterocycles. The molecule has 2 aromatic rings. The monoisotopic (exact) mass is 392 g/mol. The highest BCUT2D eigenvalue weighted by Crippen LogP contribution is 2.32. The largest absolute Gasteiger partial charge is 0.320 e. The minimum Gasteiger partial charge on any atom is -0.320 e. The highest BCUT2D eigenvalue weighted by molar-refractivity contribution is 9.11. The van der Waals surface area contributed by atoms with Gasteiger partial charge in [-0.25, -0.2) is 0 Å². The van der Waals surface area contributed by atoms with Gasteiger partial charge in [0.05, 0.1) is 17.3 Å². The first kappa shape index (κ1) is 14.8. The molecule has 0 heterocycles. The van der Waals surface area contributed by atoms with Crippen molar-refractivity contribution in [2.24, 2.45) is 0 Å². The fourth-order valence-corrected chi connectivity index (χ4v) is 3.31. The Morgan fingerprint density at radius 2 is 1.70 bits per heavy atom. The van der Waals surface area contributed by atoms with Crippen LogP contribution in [0.2, 0.25) is 0 Å². The van der Waals surface area contributed by atoms with Crippen LogP contribution in [0.1, 0.15) is 21.5 Å². The lowest BCUT2D eigenvalue weighted by Crippen LogP contribution is -2.12. The van der Waals surface area contributed by atoms with Crippen LogP contribution in [0.25, 0.3) is 0 Å². The Kier molecular flexibility index (Phi) is 4.58. The van der Waals surface area contributed by atoms with Gasteiger partial charge in [0.1, 0.15) is 0 Å². The van der Waals surface area contributed by atoms with Gasteiger partial charge < -0.3 is 5.32 Å². The minimum atomic E-state index is -0.222. The van der Waals surface area contributed by atoms with Crippen molar-refractivity contribution in [1.82, 2.24) is 0 Å². The predicted molar refractivity (Wildman–Crippen MR) is 85.7 cm³/mol. The molecule has 0 radical (unpaired) electrons. The van der Waals surface area contributed by atoms with Gasteiger partial charge in [0.2, 0.25) is 0 Å². The first-order chi connectivity index (χ1) is 9.51. The van der Waals surface area contributed by atoms with Crippen LogP contribution in [0.4, 0.5) is 5.69 Å². The van der Waals surface area contributed by atoms with Gasteiger partial charge in [0.15, 0.2) is 0 Å². The number of nitriles is 1. The molecule has 0 bridgehead atoms. The molecule has 0 fully saturated rings. The number of carbonyl (C=O) groups is 1. The number of anilines is 1. The zero-order chi connectivity index (χ0) is 14.7. The van der Waals surface area contributed by atoms with Crippen LogP contribution >= 0.6 is 31.9 Å². The molecule has 1 N–H and O–H groups in total. The first-order valence-electron chi connectivity index (χ1n) is 5.78. The molecule has 5 heteroatoms. The molecular formula is C15H10Br2N2O. The van der Waals surface area contributed by atoms with Crippen molar-refractivity contribution in [2.45, 2.75) is 6.92 Å². The van der Waals surface area contributed by atoms with Crippen LogP contribution in [0.3, 0.4) is 0 Å². The molecular weight excluding hydrogens is 384 g/mol. The van der Waals surface area contributed by atoms with Gasteiger partial charge >= 0.3 is 0 Å². The molecule has 0 spiro atoms. The average molecular weight is 394 g/mol. The summed E-state index contributed by atoms with van der Waals surface area (Å²) in [5.74, 6) is -0.222. The molecule has 20 heavy (non-hydrogen) atoms. The number of hydrogen-bond acceptors (Lipinski definition) is 2. The summed E-state index contributed by atoms with van der Waals surface area (Å²) in [6.45, 7) is 1.97. The number of rotatable bonds is 2. The molecule has 1 amide bonds. The molecule has 0 atom stereocenters. The predicted octanol–water partition coefficient (Wildman–Crippen LogP) is 4.64. The molecule has 0 unspecified atom stereocenters. The van der Waals surface area contributed by atoms with Crippen LogP contribution in [0.15, 0.2) is 45.3 Å². The number of aryl methyl sites for hydroxylation is 1. The summed E-state index contributed by atoms with van der Waals surface area (Å²) >= 11 is 6.87. The van der Waals surface area contributed by atoms with E-state index in [0.717, 1.165) is 14.5 Å². The van der Waals surface area contributed by atoms with E-state index in [4.69, 9.17) is 5.26 Å². The zero-order valence-corrected chi connectivity index (χ0v) is 13.7. The summed E-state index contributed by atoms with van der Waals surface area (Å²) in [5.41, 5.74) is 2.80. The number of hydrogen-bond donors (Lipinski definition) is 1. The maximum atomic E-state index is 12.2. The van der Waals surface area contributed by atoms with Crippen molar-refractivity contribution < 1.29 is 4.79 Å². The molecule has 0 saturated heterocycles. The lowest BCUT2D eigenvalue weighted by Gasteiger charge is -2.11. The number of amides is 1. The highest BCUT2D eigenvalue weighted by atomic mass is 79.9. The molecule has 0 aliphatic heterocycles. The van der Waals surface area contributed by atoms with Gasteiger partial charge in [-0.1, -0.05) is 0 Å². The van der Waals surface area contributed by atoms with E-state index in [1.54, 1.807) is 24.3 Å². The van der Waals surface area contributed by atoms with Crippen LogP contribution in [0, 0.1) is 18.3 Å². The van der Waals surface area contributed by atoms with E-state index in [-0.39, 0.29) is 5.91 Å². The molecule has 0 saturated carbocycles. The van der Waals surface area contributed by atoms with E-state index >= 15 is 0 Å². The minimum absolute atomic E-state index is 0.222. The maximum Gasteiger partial charge on any atom is 0.255 e. The van der Waals surface area contributed by atoms with Crippen molar-refractivity contribution in [3.8, 4) is 6.07 Å². The third-order valence-corrected chi connectivity index (χ3v) is 3.95. The second-order valence-corrected chi connectivity index (χ2v) is 5.96. The SMILES string of the molecule is Cc1cc(Br)c(NC(=O)c2ccc(C#N)cc2)c(Br)c1. The number of nitrogens with one attached hydrogen (secondary N) is 1. The van der Waals surface area contributed by atoms with Crippen LogP contribution in [-0.2, 0) is 0 Å². The number of carbonyl (C=O) groups excluding carboxylic acids is 1. The standard InChI is InChI=1S/C15H10Br2N2O/c1-9-6-12(16)14(13(17)7-9)19-15(20)11-4-2-10(8-18)3-5-11/h2-7H,1H3,(H,19,20). The van der Waals surface area contributed by atoms with Crippen molar-refractivity contribution in [3.63, 3.8) is 0 Å². The van der Waals surface area contributed by atoms with Gasteiger partial charge in [0, 0.05) is 14.5 Å². The lowest BCUT2D eigenvalue weighted by atomic mass is 10.1. The Bertz CT molecular complexity index is 680. The highest BCUT2D eigenvalue weighted by Gasteiger charge is 2.11. The van der Waals surface area contributed by atoms with Crippen molar-refractivity contribution in [2.75, 3.05) is 5.32 Å². The fraction of sp³-hybridized carbons (Fsp3) is 0.0667. The molecule has 0 aliphatic carbocycles. The van der Waals surface area contributed by atoms with E-state index in [0.29, 0.717) is 16.8 Å². The summed E-state index contributed by atoms with van der Waals surface area (Å²) in [5, 5.41) is 11.6. The van der Waals surface area contributed by atoms with E-state index in [1.165, 1.54) is 0 Å². The lowest BCUT2D eigenvalue weighted by molar-refractivity contribution is 0.102. The topological polar surface area (TPSA) is 52.9 Å². The summed E-state index contributed by atoms with van der Waals surface area (Å²) in [6, 6.07) is 12.4. The first-order valence-corrected chi connectivity index (χ1v) is 7.37. The molecule has 0 aliphatic rings. The Balaban J connectivity index is 2.26. The third kappa shape index (κ3) is 3.27. The molecule has 100 valence electrons. The van der Waals surface area contributed by atoms with E-state index in [2.05, 4.69) is 37.2 Å². The van der Waals surface area contributed by atoms with Gasteiger partial charge in [0.25, 0.3) is 5.91 Å². The molecule has 3 nitrogen and oxygen atoms in total. The van der Waals surface area contributed by atoms with Gasteiger partial charge in [-0.15, -0.1) is 0 Å². The third-order valence-electron chi connectivity index (χ3n) is 2.70. The number of nitrogens with zero attached hydrogens (tertiary/aromatic N) is 1. The second-order valence-electron chi connectivity index (χ2n) is 4.25. The Morgan fingerprint density at radius 3 is 2.20 bits per heavy atom. The van der Waals surface area contributed by atoms with Crippen LogP contribution in [0.5, 0.6) is 0 Å². The summed E-state index contributed by atoms with van der Waals surface area (Å²) < 4.78 is 1.62. The van der Waals surface area contributed by atoms with Gasteiger partial charge in [-0.3, -0.25) is 4.79 Å². The van der Waals surface area contributed by atoms with Crippen molar-refractivity contribution in [1.29, 1.82) is 5.26 Å².